The Morgan fingerprint density at radius 2 is 1.68 bits per heavy atom. The van der Waals surface area contributed by atoms with E-state index in [1.54, 1.807) is 24.3 Å². The van der Waals surface area contributed by atoms with Crippen LogP contribution in [0.3, 0.4) is 0 Å². The van der Waals surface area contributed by atoms with Gasteiger partial charge in [0.2, 0.25) is 11.8 Å². The van der Waals surface area contributed by atoms with Crippen LogP contribution in [0, 0.1) is 0 Å². The molecule has 0 spiro atoms. The number of hydrogen-bond acceptors (Lipinski definition) is 7. The lowest BCUT2D eigenvalue weighted by molar-refractivity contribution is 0.102. The first kappa shape index (κ1) is 24.1. The van der Waals surface area contributed by atoms with Crippen LogP contribution in [-0.2, 0) is 13.0 Å². The summed E-state index contributed by atoms with van der Waals surface area (Å²) in [5.74, 6) is 1.56. The number of carbonyl (C=O) groups excluding carboxylic acids is 1. The van der Waals surface area contributed by atoms with Crippen LogP contribution in [0.5, 0.6) is 5.88 Å². The summed E-state index contributed by atoms with van der Waals surface area (Å²) in [7, 11) is 0. The molecule has 3 aromatic carbocycles. The number of nitrogens with zero attached hydrogens (tertiary/aromatic N) is 2. The number of carbonyl (C=O) groups is 1. The standard InChI is InChI=1S/C29H30N6O2/c30-24-8-4-5-9-25(24)33-28(36)22-12-10-21(11-13-22)19-31-29-34-26(32-23-14-15-23)18-27(35-29)37-17-16-20-6-2-1-3-7-20/h1-13,18,23H,14-17,19,30H2,(H,33,36)(H2,31,32,34,35). The van der Waals surface area contributed by atoms with Gasteiger partial charge in [-0.2, -0.15) is 9.97 Å². The average molecular weight is 495 g/mol. The highest BCUT2D eigenvalue weighted by atomic mass is 16.5. The van der Waals surface area contributed by atoms with Gasteiger partial charge in [-0.25, -0.2) is 0 Å². The van der Waals surface area contributed by atoms with Crippen LogP contribution in [-0.4, -0.2) is 28.5 Å². The number of rotatable bonds is 11. The Morgan fingerprint density at radius 3 is 2.43 bits per heavy atom. The number of para-hydroxylation sites is 2. The Morgan fingerprint density at radius 1 is 0.919 bits per heavy atom. The number of aromatic nitrogens is 2. The van der Waals surface area contributed by atoms with Gasteiger partial charge in [0, 0.05) is 30.6 Å². The number of nitrogens with two attached hydrogens (primary N) is 1. The van der Waals surface area contributed by atoms with Crippen molar-refractivity contribution in [3.63, 3.8) is 0 Å². The molecule has 1 aliphatic rings. The maximum absolute atomic E-state index is 12.6. The zero-order valence-electron chi connectivity index (χ0n) is 20.5. The summed E-state index contributed by atoms with van der Waals surface area (Å²) in [6, 6.07) is 27.1. The first-order valence-electron chi connectivity index (χ1n) is 12.4. The van der Waals surface area contributed by atoms with E-state index in [1.807, 2.05) is 48.5 Å². The molecule has 188 valence electrons. The largest absolute Gasteiger partial charge is 0.477 e. The van der Waals surface area contributed by atoms with Gasteiger partial charge in [-0.05, 0) is 48.2 Å². The molecule has 1 fully saturated rings. The topological polar surface area (TPSA) is 114 Å². The first-order valence-corrected chi connectivity index (χ1v) is 12.4. The van der Waals surface area contributed by atoms with Crippen molar-refractivity contribution in [3.8, 4) is 5.88 Å². The van der Waals surface area contributed by atoms with Crippen molar-refractivity contribution in [1.29, 1.82) is 0 Å². The second-order valence-corrected chi connectivity index (χ2v) is 9.01. The van der Waals surface area contributed by atoms with Crippen molar-refractivity contribution < 1.29 is 9.53 Å². The summed E-state index contributed by atoms with van der Waals surface area (Å²) in [6.45, 7) is 1.03. The lowest BCUT2D eigenvalue weighted by atomic mass is 10.1. The number of benzene rings is 3. The molecule has 5 N–H and O–H groups in total. The molecule has 1 saturated carbocycles. The maximum Gasteiger partial charge on any atom is 0.255 e. The van der Waals surface area contributed by atoms with Gasteiger partial charge in [-0.15, -0.1) is 0 Å². The lowest BCUT2D eigenvalue weighted by Crippen LogP contribution is -2.13. The minimum absolute atomic E-state index is 0.211. The molecule has 1 aromatic heterocycles. The molecule has 5 rings (SSSR count). The molecular weight excluding hydrogens is 464 g/mol. The quantitative estimate of drug-likeness (QED) is 0.214. The van der Waals surface area contributed by atoms with E-state index < -0.39 is 0 Å². The summed E-state index contributed by atoms with van der Waals surface area (Å²) in [4.78, 5) is 21.7. The van der Waals surface area contributed by atoms with Crippen LogP contribution in [0.4, 0.5) is 23.1 Å². The van der Waals surface area contributed by atoms with Crippen molar-refractivity contribution in [2.24, 2.45) is 0 Å². The number of nitrogen functional groups attached to an aromatic ring is 1. The van der Waals surface area contributed by atoms with Crippen molar-refractivity contribution in [3.05, 3.63) is 102 Å². The van der Waals surface area contributed by atoms with E-state index >= 15 is 0 Å². The van der Waals surface area contributed by atoms with Gasteiger partial charge in [-0.3, -0.25) is 4.79 Å². The minimum atomic E-state index is -0.211. The highest BCUT2D eigenvalue weighted by Crippen LogP contribution is 2.26. The van der Waals surface area contributed by atoms with Gasteiger partial charge >= 0.3 is 0 Å². The second kappa shape index (κ2) is 11.4. The number of hydrogen-bond donors (Lipinski definition) is 4. The summed E-state index contributed by atoms with van der Waals surface area (Å²) in [5.41, 5.74) is 9.80. The van der Waals surface area contributed by atoms with Gasteiger partial charge in [-0.1, -0.05) is 54.6 Å². The van der Waals surface area contributed by atoms with Gasteiger partial charge in [0.25, 0.3) is 5.91 Å². The molecule has 0 saturated heterocycles. The van der Waals surface area contributed by atoms with Crippen LogP contribution in [0.15, 0.2) is 84.9 Å². The maximum atomic E-state index is 12.6. The average Bonchev–Trinajstić information content (AvgIpc) is 3.74. The summed E-state index contributed by atoms with van der Waals surface area (Å²) < 4.78 is 5.96. The van der Waals surface area contributed by atoms with Crippen molar-refractivity contribution in [1.82, 2.24) is 9.97 Å². The molecule has 4 aromatic rings. The molecular formula is C29H30N6O2. The lowest BCUT2D eigenvalue weighted by Gasteiger charge is -2.12. The van der Waals surface area contributed by atoms with Gasteiger partial charge < -0.3 is 26.4 Å². The number of anilines is 4. The number of nitrogens with one attached hydrogen (secondary N) is 3. The second-order valence-electron chi connectivity index (χ2n) is 9.01. The summed E-state index contributed by atoms with van der Waals surface area (Å²) in [6.07, 6.45) is 3.09. The van der Waals surface area contributed by atoms with Crippen LogP contribution in [0.1, 0.15) is 34.3 Å². The molecule has 1 aliphatic carbocycles. The van der Waals surface area contributed by atoms with E-state index in [2.05, 4.69) is 38.1 Å². The molecule has 1 amide bonds. The predicted molar refractivity (Wildman–Crippen MR) is 147 cm³/mol. The highest BCUT2D eigenvalue weighted by Gasteiger charge is 2.22. The van der Waals surface area contributed by atoms with Crippen LogP contribution in [0.25, 0.3) is 0 Å². The Labute approximate surface area is 216 Å². The summed E-state index contributed by atoms with van der Waals surface area (Å²) in [5, 5.41) is 9.55. The zero-order valence-corrected chi connectivity index (χ0v) is 20.5. The predicted octanol–water partition coefficient (Wildman–Crippen LogP) is 5.12. The fourth-order valence-corrected chi connectivity index (χ4v) is 3.77. The zero-order chi connectivity index (χ0) is 25.5. The monoisotopic (exact) mass is 494 g/mol. The molecule has 0 atom stereocenters. The van der Waals surface area contributed by atoms with Crippen molar-refractivity contribution in [2.45, 2.75) is 31.8 Å². The normalized spacial score (nSPS) is 12.5. The highest BCUT2D eigenvalue weighted by molar-refractivity contribution is 6.05. The van der Waals surface area contributed by atoms with E-state index in [1.165, 1.54) is 5.56 Å². The Balaban J connectivity index is 1.19. The van der Waals surface area contributed by atoms with Crippen LogP contribution in [0.2, 0.25) is 0 Å². The minimum Gasteiger partial charge on any atom is -0.477 e. The SMILES string of the molecule is Nc1ccccc1NC(=O)c1ccc(CNc2nc(NC3CC3)cc(OCCc3ccccc3)n2)cc1. The Hall–Kier alpha value is -4.59. The van der Waals surface area contributed by atoms with Gasteiger partial charge in [0.05, 0.1) is 18.0 Å². The van der Waals surface area contributed by atoms with E-state index in [4.69, 9.17) is 10.5 Å². The van der Waals surface area contributed by atoms with Gasteiger partial charge in [0.1, 0.15) is 5.82 Å². The fourth-order valence-electron chi connectivity index (χ4n) is 3.77. The number of amides is 1. The third-order valence-corrected chi connectivity index (χ3v) is 5.99. The Kier molecular flexibility index (Phi) is 7.45. The fraction of sp³-hybridized carbons (Fsp3) is 0.207. The van der Waals surface area contributed by atoms with E-state index in [-0.39, 0.29) is 5.91 Å². The van der Waals surface area contributed by atoms with Crippen molar-refractivity contribution >= 4 is 29.0 Å². The Bertz CT molecular complexity index is 1340. The molecule has 1 heterocycles. The van der Waals surface area contributed by atoms with E-state index in [0.717, 1.165) is 30.6 Å². The van der Waals surface area contributed by atoms with Crippen LogP contribution < -0.4 is 26.4 Å². The summed E-state index contributed by atoms with van der Waals surface area (Å²) >= 11 is 0. The van der Waals surface area contributed by atoms with Gasteiger partial charge in [0.15, 0.2) is 0 Å². The van der Waals surface area contributed by atoms with Crippen molar-refractivity contribution in [2.75, 3.05) is 28.3 Å². The molecule has 8 nitrogen and oxygen atoms in total. The molecule has 0 bridgehead atoms. The molecule has 8 heteroatoms. The molecule has 37 heavy (non-hydrogen) atoms. The molecule has 0 radical (unpaired) electrons. The molecule has 0 aliphatic heterocycles. The third kappa shape index (κ3) is 6.98. The smallest absolute Gasteiger partial charge is 0.255 e. The van der Waals surface area contributed by atoms with E-state index in [0.29, 0.717) is 48.0 Å². The molecule has 0 unspecified atom stereocenters. The third-order valence-electron chi connectivity index (χ3n) is 5.99. The first-order chi connectivity index (χ1) is 18.1. The number of ether oxygens (including phenoxy) is 1. The van der Waals surface area contributed by atoms with E-state index in [9.17, 15) is 4.79 Å². The van der Waals surface area contributed by atoms with Crippen LogP contribution >= 0.6 is 0 Å².